The van der Waals surface area contributed by atoms with Crippen molar-refractivity contribution >= 4 is 34.8 Å². The van der Waals surface area contributed by atoms with E-state index in [0.29, 0.717) is 12.8 Å². The predicted octanol–water partition coefficient (Wildman–Crippen LogP) is 6.10. The maximum atomic E-state index is 10.5. The summed E-state index contributed by atoms with van der Waals surface area (Å²) in [6.45, 7) is 0. The van der Waals surface area contributed by atoms with Gasteiger partial charge in [0.1, 0.15) is 11.6 Å². The van der Waals surface area contributed by atoms with Crippen LogP contribution in [0, 0.1) is 16.7 Å². The molecule has 0 spiro atoms. The number of benzene rings is 4. The van der Waals surface area contributed by atoms with Crippen molar-refractivity contribution in [1.29, 1.82) is 5.26 Å². The summed E-state index contributed by atoms with van der Waals surface area (Å²) in [5, 5.41) is 12.5. The molecule has 0 bridgehead atoms. The fraction of sp³-hybridized carbons (Fsp3) is 0.103. The summed E-state index contributed by atoms with van der Waals surface area (Å²) in [6, 6.07) is 43.1. The summed E-state index contributed by atoms with van der Waals surface area (Å²) in [7, 11) is 0. The maximum absolute atomic E-state index is 10.5. The molecule has 2 nitrogen and oxygen atoms in total. The zero-order valence-corrected chi connectivity index (χ0v) is 20.0. The Bertz CT molecular complexity index is 1200. The monoisotopic (exact) mass is 464 g/mol. The van der Waals surface area contributed by atoms with E-state index in [9.17, 15) is 5.26 Å². The van der Waals surface area contributed by atoms with Gasteiger partial charge in [-0.3, -0.25) is 4.76 Å². The number of nitrogens with zero attached hydrogens (tertiary/aromatic N) is 2. The standard InChI is InChI=1S/C29H25N2PS/c30-23-29(21-25-13-5-1-6-14-25,22-26-15-7-2-8-16-26)24-31-32(33,27-17-9-3-10-18-27)28-19-11-4-12-20-28/h1-20,24H,21-22H2/b31-24+. The predicted molar refractivity (Wildman–Crippen MR) is 143 cm³/mol. The highest BCUT2D eigenvalue weighted by molar-refractivity contribution is 8.21. The molecule has 4 aromatic rings. The van der Waals surface area contributed by atoms with E-state index in [2.05, 4.69) is 30.3 Å². The lowest BCUT2D eigenvalue weighted by atomic mass is 9.79. The minimum absolute atomic E-state index is 0.571. The Labute approximate surface area is 201 Å². The van der Waals surface area contributed by atoms with Crippen LogP contribution in [0.4, 0.5) is 0 Å². The SMILES string of the molecule is N#CC(/C=N/P(=S)(c1ccccc1)c1ccccc1)(Cc1ccccc1)Cc1ccccc1. The van der Waals surface area contributed by atoms with E-state index in [1.807, 2.05) is 103 Å². The van der Waals surface area contributed by atoms with Gasteiger partial charge in [-0.2, -0.15) is 5.26 Å². The molecule has 0 aromatic heterocycles. The molecule has 0 aliphatic carbocycles. The quantitative estimate of drug-likeness (QED) is 0.233. The minimum Gasteiger partial charge on any atom is -0.254 e. The summed E-state index contributed by atoms with van der Waals surface area (Å²) in [5.41, 5.74) is 1.40. The zero-order chi connectivity index (χ0) is 23.0. The molecule has 0 atom stereocenters. The van der Waals surface area contributed by atoms with E-state index in [4.69, 9.17) is 16.6 Å². The second-order valence-corrected chi connectivity index (χ2v) is 12.1. The first-order chi connectivity index (χ1) is 16.1. The third-order valence-corrected chi connectivity index (χ3v) is 9.61. The van der Waals surface area contributed by atoms with Crippen molar-refractivity contribution in [3.8, 4) is 6.07 Å². The molecule has 0 saturated carbocycles. The molecule has 4 heteroatoms. The van der Waals surface area contributed by atoms with Gasteiger partial charge >= 0.3 is 0 Å². The third kappa shape index (κ3) is 5.55. The van der Waals surface area contributed by atoms with Gasteiger partial charge in [-0.05, 0) is 24.0 Å². The van der Waals surface area contributed by atoms with Gasteiger partial charge in [-0.25, -0.2) is 0 Å². The third-order valence-electron chi connectivity index (χ3n) is 5.63. The average molecular weight is 465 g/mol. The van der Waals surface area contributed by atoms with Gasteiger partial charge in [0, 0.05) is 16.8 Å². The van der Waals surface area contributed by atoms with Crippen LogP contribution in [-0.2, 0) is 24.6 Å². The molecule has 0 aliphatic heterocycles. The molecule has 4 rings (SSSR count). The number of hydrogen-bond donors (Lipinski definition) is 0. The number of nitriles is 1. The minimum atomic E-state index is -2.49. The maximum Gasteiger partial charge on any atom is 0.112 e. The Morgan fingerprint density at radius 3 is 1.39 bits per heavy atom. The van der Waals surface area contributed by atoms with Crippen LogP contribution in [0.25, 0.3) is 0 Å². The van der Waals surface area contributed by atoms with E-state index >= 15 is 0 Å². The smallest absolute Gasteiger partial charge is 0.112 e. The Kier molecular flexibility index (Phi) is 7.30. The van der Waals surface area contributed by atoms with Crippen molar-refractivity contribution in [2.45, 2.75) is 12.8 Å². The molecule has 0 amide bonds. The van der Waals surface area contributed by atoms with Crippen LogP contribution >= 0.6 is 6.19 Å². The summed E-state index contributed by atoms with van der Waals surface area (Å²) < 4.78 is 5.11. The molecule has 162 valence electrons. The van der Waals surface area contributed by atoms with Crippen molar-refractivity contribution in [2.24, 2.45) is 10.2 Å². The van der Waals surface area contributed by atoms with E-state index in [-0.39, 0.29) is 0 Å². The van der Waals surface area contributed by atoms with Crippen LogP contribution in [0.15, 0.2) is 126 Å². The van der Waals surface area contributed by atoms with Crippen molar-refractivity contribution < 1.29 is 0 Å². The molecular formula is C29H25N2PS. The number of rotatable bonds is 8. The molecule has 0 aliphatic rings. The highest BCUT2D eigenvalue weighted by Crippen LogP contribution is 2.46. The zero-order valence-electron chi connectivity index (χ0n) is 18.3. The lowest BCUT2D eigenvalue weighted by Gasteiger charge is -2.25. The molecule has 4 aromatic carbocycles. The van der Waals surface area contributed by atoms with E-state index in [1.165, 1.54) is 0 Å². The van der Waals surface area contributed by atoms with Crippen molar-refractivity contribution in [3.63, 3.8) is 0 Å². The van der Waals surface area contributed by atoms with E-state index in [1.54, 1.807) is 0 Å². The van der Waals surface area contributed by atoms with Gasteiger partial charge in [0.05, 0.1) is 6.07 Å². The molecule has 0 radical (unpaired) electrons. The summed E-state index contributed by atoms with van der Waals surface area (Å²) in [5.74, 6) is 0. The second kappa shape index (κ2) is 10.5. The first-order valence-electron chi connectivity index (χ1n) is 10.9. The fourth-order valence-corrected chi connectivity index (χ4v) is 6.89. The molecule has 33 heavy (non-hydrogen) atoms. The Balaban J connectivity index is 1.81. The van der Waals surface area contributed by atoms with Gasteiger partial charge in [-0.1, -0.05) is 133 Å². The highest BCUT2D eigenvalue weighted by atomic mass is 32.4. The number of hydrogen-bond acceptors (Lipinski definition) is 2. The molecule has 0 N–H and O–H groups in total. The van der Waals surface area contributed by atoms with Gasteiger partial charge < -0.3 is 0 Å². The van der Waals surface area contributed by atoms with Crippen LogP contribution in [0.3, 0.4) is 0 Å². The lowest BCUT2D eigenvalue weighted by molar-refractivity contribution is 0.553. The Hall–Kier alpha value is -3.31. The van der Waals surface area contributed by atoms with Crippen LogP contribution in [-0.4, -0.2) is 6.21 Å². The summed E-state index contributed by atoms with van der Waals surface area (Å²) in [6.07, 6.45) is 0.506. The van der Waals surface area contributed by atoms with E-state index < -0.39 is 11.6 Å². The van der Waals surface area contributed by atoms with Gasteiger partial charge in [-0.15, -0.1) is 0 Å². The van der Waals surface area contributed by atoms with Crippen LogP contribution in [0.1, 0.15) is 11.1 Å². The largest absolute Gasteiger partial charge is 0.254 e. The topological polar surface area (TPSA) is 36.1 Å². The Morgan fingerprint density at radius 1 is 0.667 bits per heavy atom. The van der Waals surface area contributed by atoms with Crippen LogP contribution in [0.2, 0.25) is 0 Å². The van der Waals surface area contributed by atoms with Gasteiger partial charge in [0.15, 0.2) is 0 Å². The summed E-state index contributed by atoms with van der Waals surface area (Å²) >= 11 is 6.28. The molecule has 0 heterocycles. The first-order valence-corrected chi connectivity index (χ1v) is 13.7. The first kappa shape index (κ1) is 22.9. The van der Waals surface area contributed by atoms with Gasteiger partial charge in [0.2, 0.25) is 0 Å². The molecule has 0 saturated heterocycles. The van der Waals surface area contributed by atoms with E-state index in [0.717, 1.165) is 21.7 Å². The molecule has 0 unspecified atom stereocenters. The van der Waals surface area contributed by atoms with Crippen LogP contribution in [0.5, 0.6) is 0 Å². The van der Waals surface area contributed by atoms with Crippen molar-refractivity contribution in [1.82, 2.24) is 0 Å². The van der Waals surface area contributed by atoms with Crippen LogP contribution < -0.4 is 10.6 Å². The second-order valence-electron chi connectivity index (χ2n) is 8.08. The normalized spacial score (nSPS) is 11.8. The van der Waals surface area contributed by atoms with Crippen molar-refractivity contribution in [2.75, 3.05) is 0 Å². The molecule has 0 fully saturated rings. The average Bonchev–Trinajstić information content (AvgIpc) is 2.89. The lowest BCUT2D eigenvalue weighted by Crippen LogP contribution is -2.27. The molecular weight excluding hydrogens is 439 g/mol. The van der Waals surface area contributed by atoms with Crippen molar-refractivity contribution in [3.05, 3.63) is 132 Å². The Morgan fingerprint density at radius 2 is 1.03 bits per heavy atom. The van der Waals surface area contributed by atoms with Gasteiger partial charge in [0.25, 0.3) is 0 Å². The fourth-order valence-electron chi connectivity index (χ4n) is 3.92. The highest BCUT2D eigenvalue weighted by Gasteiger charge is 2.31. The summed E-state index contributed by atoms with van der Waals surface area (Å²) in [4.78, 5) is 0.